The van der Waals surface area contributed by atoms with E-state index in [0.717, 1.165) is 36.9 Å². The third-order valence-corrected chi connectivity index (χ3v) is 7.46. The number of sulfone groups is 1. The lowest BCUT2D eigenvalue weighted by molar-refractivity contribution is 0.579. The molecular weight excluding hydrogens is 376 g/mol. The summed E-state index contributed by atoms with van der Waals surface area (Å²) in [4.78, 5) is 8.88. The van der Waals surface area contributed by atoms with E-state index in [1.807, 2.05) is 24.3 Å². The molecule has 9 heteroatoms. The number of aromatic nitrogens is 6. The van der Waals surface area contributed by atoms with Crippen LogP contribution in [0.4, 0.5) is 0 Å². The minimum absolute atomic E-state index is 0.280. The zero-order valence-corrected chi connectivity index (χ0v) is 15.8. The fourth-order valence-electron chi connectivity index (χ4n) is 3.77. The Morgan fingerprint density at radius 3 is 2.71 bits per heavy atom. The molecule has 142 valence electrons. The van der Waals surface area contributed by atoms with Crippen LogP contribution in [-0.4, -0.2) is 43.6 Å². The summed E-state index contributed by atoms with van der Waals surface area (Å²) in [6.07, 6.45) is 7.96. The number of pyridine rings is 1. The van der Waals surface area contributed by atoms with Crippen LogP contribution in [0, 0.1) is 0 Å². The maximum Gasteiger partial charge on any atom is 0.182 e. The molecule has 0 bridgehead atoms. The number of aromatic amines is 1. The lowest BCUT2D eigenvalue weighted by atomic mass is 10.2. The molecule has 1 saturated carbocycles. The summed E-state index contributed by atoms with van der Waals surface area (Å²) < 4.78 is 27.4. The predicted molar refractivity (Wildman–Crippen MR) is 104 cm³/mol. The van der Waals surface area contributed by atoms with Crippen LogP contribution in [-0.2, 0) is 9.84 Å². The molecular formula is C19H18N6O2S. The number of nitrogens with one attached hydrogen (secondary N) is 1. The van der Waals surface area contributed by atoms with E-state index in [1.54, 1.807) is 16.9 Å². The van der Waals surface area contributed by atoms with Crippen molar-refractivity contribution in [1.82, 2.24) is 29.9 Å². The quantitative estimate of drug-likeness (QED) is 0.570. The van der Waals surface area contributed by atoms with Crippen molar-refractivity contribution in [1.29, 1.82) is 0 Å². The highest BCUT2D eigenvalue weighted by Gasteiger charge is 2.30. The highest BCUT2D eigenvalue weighted by molar-refractivity contribution is 7.92. The second kappa shape index (κ2) is 6.52. The van der Waals surface area contributed by atoms with Gasteiger partial charge in [0, 0.05) is 17.1 Å². The molecule has 8 nitrogen and oxygen atoms in total. The smallest absolute Gasteiger partial charge is 0.182 e. The van der Waals surface area contributed by atoms with Gasteiger partial charge < -0.3 is 0 Å². The van der Waals surface area contributed by atoms with Gasteiger partial charge in [-0.3, -0.25) is 5.10 Å². The van der Waals surface area contributed by atoms with E-state index in [9.17, 15) is 8.42 Å². The lowest BCUT2D eigenvalue weighted by Gasteiger charge is -2.11. The zero-order chi connectivity index (χ0) is 19.1. The van der Waals surface area contributed by atoms with Crippen LogP contribution < -0.4 is 0 Å². The van der Waals surface area contributed by atoms with E-state index in [1.165, 1.54) is 12.5 Å². The molecule has 3 heterocycles. The number of hydrogen-bond acceptors (Lipinski definition) is 6. The molecule has 4 aromatic rings. The van der Waals surface area contributed by atoms with Crippen LogP contribution in [0.15, 0.2) is 53.9 Å². The van der Waals surface area contributed by atoms with E-state index >= 15 is 0 Å². The summed E-state index contributed by atoms with van der Waals surface area (Å²) >= 11 is 0. The number of rotatable bonds is 4. The van der Waals surface area contributed by atoms with Crippen LogP contribution in [0.5, 0.6) is 0 Å². The number of H-pyrrole nitrogens is 1. The molecule has 5 rings (SSSR count). The second-order valence-electron chi connectivity index (χ2n) is 6.98. The van der Waals surface area contributed by atoms with Gasteiger partial charge in [0.2, 0.25) is 0 Å². The van der Waals surface area contributed by atoms with E-state index in [0.29, 0.717) is 16.9 Å². The van der Waals surface area contributed by atoms with Gasteiger partial charge in [-0.1, -0.05) is 25.0 Å². The first-order chi connectivity index (χ1) is 13.6. The number of hydrogen-bond donors (Lipinski definition) is 1. The summed E-state index contributed by atoms with van der Waals surface area (Å²) in [5, 5.41) is 11.5. The van der Waals surface area contributed by atoms with Gasteiger partial charge in [0.15, 0.2) is 21.3 Å². The predicted octanol–water partition coefficient (Wildman–Crippen LogP) is 2.92. The second-order valence-corrected chi connectivity index (χ2v) is 9.20. The average Bonchev–Trinajstić information content (AvgIpc) is 3.49. The lowest BCUT2D eigenvalue weighted by Crippen LogP contribution is -2.18. The van der Waals surface area contributed by atoms with Crippen molar-refractivity contribution >= 4 is 20.9 Å². The van der Waals surface area contributed by atoms with E-state index in [-0.39, 0.29) is 10.1 Å². The number of fused-ring (bicyclic) bond motifs is 1. The molecule has 0 spiro atoms. The summed E-state index contributed by atoms with van der Waals surface area (Å²) in [5.74, 6) is 0.663. The van der Waals surface area contributed by atoms with Crippen LogP contribution >= 0.6 is 0 Å². The van der Waals surface area contributed by atoms with E-state index in [2.05, 4.69) is 25.3 Å². The first-order valence-electron chi connectivity index (χ1n) is 9.17. The first-order valence-corrected chi connectivity index (χ1v) is 10.7. The highest BCUT2D eigenvalue weighted by atomic mass is 32.2. The van der Waals surface area contributed by atoms with Crippen molar-refractivity contribution in [2.24, 2.45) is 0 Å². The minimum Gasteiger partial charge on any atom is -0.259 e. The monoisotopic (exact) mass is 394 g/mol. The van der Waals surface area contributed by atoms with Crippen molar-refractivity contribution in [3.8, 4) is 17.1 Å². The molecule has 1 N–H and O–H groups in total. The van der Waals surface area contributed by atoms with Crippen molar-refractivity contribution in [3.05, 3.63) is 49.1 Å². The summed E-state index contributed by atoms with van der Waals surface area (Å²) in [5.41, 5.74) is 2.29. The van der Waals surface area contributed by atoms with Gasteiger partial charge in [-0.2, -0.15) is 10.2 Å². The molecule has 1 aromatic carbocycles. The molecule has 1 fully saturated rings. The van der Waals surface area contributed by atoms with Gasteiger partial charge in [-0.25, -0.2) is 23.1 Å². The van der Waals surface area contributed by atoms with Gasteiger partial charge >= 0.3 is 0 Å². The highest BCUT2D eigenvalue weighted by Crippen LogP contribution is 2.30. The topological polar surface area (TPSA) is 106 Å². The Hall–Kier alpha value is -3.07. The van der Waals surface area contributed by atoms with Gasteiger partial charge in [0.1, 0.15) is 6.33 Å². The normalized spacial score (nSPS) is 15.4. The minimum atomic E-state index is -3.34. The summed E-state index contributed by atoms with van der Waals surface area (Å²) in [6, 6.07) is 9.35. The molecule has 0 radical (unpaired) electrons. The van der Waals surface area contributed by atoms with E-state index in [4.69, 9.17) is 0 Å². The van der Waals surface area contributed by atoms with Crippen molar-refractivity contribution in [2.75, 3.05) is 0 Å². The fourth-order valence-corrected chi connectivity index (χ4v) is 5.60. The van der Waals surface area contributed by atoms with Crippen molar-refractivity contribution < 1.29 is 8.42 Å². The third-order valence-electron chi connectivity index (χ3n) is 5.23. The molecule has 1 aliphatic carbocycles. The Kier molecular flexibility index (Phi) is 3.97. The van der Waals surface area contributed by atoms with Gasteiger partial charge in [-0.15, -0.1) is 0 Å². The molecule has 1 aliphatic rings. The summed E-state index contributed by atoms with van der Waals surface area (Å²) in [7, 11) is -3.34. The number of benzene rings is 1. The first kappa shape index (κ1) is 17.1. The average molecular weight is 394 g/mol. The molecule has 0 saturated heterocycles. The molecule has 0 amide bonds. The van der Waals surface area contributed by atoms with Gasteiger partial charge in [-0.05, 0) is 31.0 Å². The van der Waals surface area contributed by atoms with Crippen molar-refractivity contribution in [2.45, 2.75) is 35.8 Å². The molecule has 0 unspecified atom stereocenters. The summed E-state index contributed by atoms with van der Waals surface area (Å²) in [6.45, 7) is 0. The standard InChI is InChI=1S/C19H18N6O2S/c26-28(27,16-6-1-2-7-16)17-9-14-10-23-25(19(14)20-11-17)15-5-3-4-13(8-15)18-21-12-22-24-18/h3-5,8-12,16H,1-2,6-7H2,(H,21,22,24). The maximum absolute atomic E-state index is 12.8. The fraction of sp³-hybridized carbons (Fsp3) is 0.263. The third kappa shape index (κ3) is 2.78. The van der Waals surface area contributed by atoms with Crippen LogP contribution in [0.3, 0.4) is 0 Å². The van der Waals surface area contributed by atoms with Crippen LogP contribution in [0.25, 0.3) is 28.1 Å². The molecule has 0 aliphatic heterocycles. The van der Waals surface area contributed by atoms with Gasteiger partial charge in [0.25, 0.3) is 0 Å². The Morgan fingerprint density at radius 1 is 1.07 bits per heavy atom. The van der Waals surface area contributed by atoms with E-state index < -0.39 is 9.84 Å². The van der Waals surface area contributed by atoms with Crippen LogP contribution in [0.2, 0.25) is 0 Å². The maximum atomic E-state index is 12.8. The molecule has 0 atom stereocenters. The van der Waals surface area contributed by atoms with Crippen LogP contribution in [0.1, 0.15) is 25.7 Å². The molecule has 3 aromatic heterocycles. The Morgan fingerprint density at radius 2 is 1.93 bits per heavy atom. The number of nitrogens with zero attached hydrogens (tertiary/aromatic N) is 5. The Labute approximate surface area is 161 Å². The largest absolute Gasteiger partial charge is 0.259 e. The zero-order valence-electron chi connectivity index (χ0n) is 15.0. The Bertz CT molecular complexity index is 1240. The molecule has 28 heavy (non-hydrogen) atoms. The SMILES string of the molecule is O=S(=O)(c1cnc2c(cnn2-c2cccc(-c3ncn[nH]3)c2)c1)C1CCCC1. The van der Waals surface area contributed by atoms with Crippen molar-refractivity contribution in [3.63, 3.8) is 0 Å². The Balaban J connectivity index is 1.55. The van der Waals surface area contributed by atoms with Gasteiger partial charge in [0.05, 0.1) is 22.0 Å².